The number of ether oxygens (including phenoxy) is 2. The van der Waals surface area contributed by atoms with Crippen molar-refractivity contribution in [2.45, 2.75) is 53.0 Å². The monoisotopic (exact) mass is 513 g/mol. The molecule has 7 heteroatoms. The van der Waals surface area contributed by atoms with E-state index in [2.05, 4.69) is 6.92 Å². The molecule has 0 radical (unpaired) electrons. The number of hydrogen-bond donors (Lipinski definition) is 1. The Hall–Kier alpha value is -2.90. The van der Waals surface area contributed by atoms with E-state index in [-0.39, 0.29) is 17.9 Å². The molecule has 7 nitrogen and oxygen atoms in total. The van der Waals surface area contributed by atoms with Gasteiger partial charge >= 0.3 is 0 Å². The van der Waals surface area contributed by atoms with Gasteiger partial charge in [0.15, 0.2) is 0 Å². The van der Waals surface area contributed by atoms with Crippen molar-refractivity contribution in [3.8, 4) is 5.75 Å². The van der Waals surface area contributed by atoms with Crippen molar-refractivity contribution in [3.05, 3.63) is 65.2 Å². The molecule has 0 fully saturated rings. The molecule has 1 atom stereocenters. The first-order valence-corrected chi connectivity index (χ1v) is 13.1. The summed E-state index contributed by atoms with van der Waals surface area (Å²) in [5.74, 6) is 1.34. The Bertz CT molecular complexity index is 930. The molecule has 206 valence electrons. The molecule has 2 aromatic rings. The summed E-state index contributed by atoms with van der Waals surface area (Å²) in [5.41, 5.74) is 8.40. The van der Waals surface area contributed by atoms with Crippen molar-refractivity contribution in [2.24, 2.45) is 11.7 Å². The number of nitrogens with two attached hydrogens (primary N) is 1. The lowest BCUT2D eigenvalue weighted by molar-refractivity contribution is -0.129. The van der Waals surface area contributed by atoms with Crippen molar-refractivity contribution < 1.29 is 19.1 Å². The quantitative estimate of drug-likeness (QED) is 0.397. The van der Waals surface area contributed by atoms with Crippen LogP contribution in [0.25, 0.3) is 0 Å². The van der Waals surface area contributed by atoms with Crippen LogP contribution in [0.2, 0.25) is 0 Å². The standard InChI is InChI=1S/C16H25NO3.C14H22N2O/c1-12(2)17(4)16(18)14-8-7-13(3)15(11-14)20-10-6-9-19-5;1-3-12(10-15)11-16(2)14(17)9-13-7-5-4-6-8-13/h7-8,11-12H,6,9-10H2,1-5H3;4-8,12H,3,9-11,15H2,1-2H3. The molecule has 2 N–H and O–H groups in total. The number of aryl methyl sites for hydroxylation is 1. The lowest BCUT2D eigenvalue weighted by atomic mass is 10.1. The predicted molar refractivity (Wildman–Crippen MR) is 151 cm³/mol. The highest BCUT2D eigenvalue weighted by Crippen LogP contribution is 2.21. The van der Waals surface area contributed by atoms with E-state index in [0.717, 1.165) is 36.3 Å². The molecule has 2 aromatic carbocycles. The summed E-state index contributed by atoms with van der Waals surface area (Å²) in [6.45, 7) is 10.7. The average Bonchev–Trinajstić information content (AvgIpc) is 2.90. The topological polar surface area (TPSA) is 85.1 Å². The van der Waals surface area contributed by atoms with E-state index in [4.69, 9.17) is 15.2 Å². The third-order valence-electron chi connectivity index (χ3n) is 6.35. The lowest BCUT2D eigenvalue weighted by Crippen LogP contribution is -2.35. The number of hydrogen-bond acceptors (Lipinski definition) is 5. The van der Waals surface area contributed by atoms with Crippen LogP contribution >= 0.6 is 0 Å². The average molecular weight is 514 g/mol. The summed E-state index contributed by atoms with van der Waals surface area (Å²) in [5, 5.41) is 0. The fraction of sp³-hybridized carbons (Fsp3) is 0.533. The van der Waals surface area contributed by atoms with Gasteiger partial charge in [0.05, 0.1) is 13.0 Å². The first kappa shape index (κ1) is 32.1. The van der Waals surface area contributed by atoms with Gasteiger partial charge in [-0.1, -0.05) is 49.7 Å². The fourth-order valence-corrected chi connectivity index (χ4v) is 3.48. The van der Waals surface area contributed by atoms with Crippen LogP contribution in [0.15, 0.2) is 48.5 Å². The van der Waals surface area contributed by atoms with Crippen LogP contribution in [-0.4, -0.2) is 75.2 Å². The highest BCUT2D eigenvalue weighted by atomic mass is 16.5. The molecule has 0 aliphatic heterocycles. The molecule has 0 aromatic heterocycles. The zero-order valence-electron chi connectivity index (χ0n) is 23.8. The Labute approximate surface area is 223 Å². The Morgan fingerprint density at radius 3 is 2.27 bits per heavy atom. The summed E-state index contributed by atoms with van der Waals surface area (Å²) in [4.78, 5) is 27.7. The van der Waals surface area contributed by atoms with Gasteiger partial charge in [-0.15, -0.1) is 0 Å². The Morgan fingerprint density at radius 1 is 1.03 bits per heavy atom. The predicted octanol–water partition coefficient (Wildman–Crippen LogP) is 4.56. The van der Waals surface area contributed by atoms with Crippen molar-refractivity contribution >= 4 is 11.8 Å². The smallest absolute Gasteiger partial charge is 0.253 e. The molecule has 0 aliphatic rings. The van der Waals surface area contributed by atoms with E-state index in [0.29, 0.717) is 37.7 Å². The van der Waals surface area contributed by atoms with Crippen LogP contribution in [0.3, 0.4) is 0 Å². The Kier molecular flexibility index (Phi) is 15.2. The number of carbonyl (C=O) groups is 2. The van der Waals surface area contributed by atoms with E-state index in [1.165, 1.54) is 0 Å². The van der Waals surface area contributed by atoms with Gasteiger partial charge in [0.1, 0.15) is 5.75 Å². The lowest BCUT2D eigenvalue weighted by Gasteiger charge is -2.22. The number of nitrogens with zero attached hydrogens (tertiary/aromatic N) is 2. The van der Waals surface area contributed by atoms with Crippen molar-refractivity contribution in [3.63, 3.8) is 0 Å². The number of likely N-dealkylation sites (N-methyl/N-ethyl adjacent to an activating group) is 1. The molecule has 37 heavy (non-hydrogen) atoms. The molecule has 0 spiro atoms. The minimum Gasteiger partial charge on any atom is -0.493 e. The second kappa shape index (κ2) is 17.5. The van der Waals surface area contributed by atoms with Gasteiger partial charge in [-0.25, -0.2) is 0 Å². The van der Waals surface area contributed by atoms with Gasteiger partial charge in [0.2, 0.25) is 5.91 Å². The maximum atomic E-state index is 12.3. The van der Waals surface area contributed by atoms with E-state index in [1.807, 2.05) is 83.4 Å². The number of carbonyl (C=O) groups excluding carboxylic acids is 2. The van der Waals surface area contributed by atoms with Gasteiger partial charge in [-0.2, -0.15) is 0 Å². The molecule has 1 unspecified atom stereocenters. The molecule has 0 bridgehead atoms. The van der Waals surface area contributed by atoms with Gasteiger partial charge in [0.25, 0.3) is 5.91 Å². The second-order valence-corrected chi connectivity index (χ2v) is 9.63. The summed E-state index contributed by atoms with van der Waals surface area (Å²) in [6, 6.07) is 15.6. The first-order valence-electron chi connectivity index (χ1n) is 13.1. The molecular formula is C30H47N3O4. The number of methoxy groups -OCH3 is 1. The van der Waals surface area contributed by atoms with Gasteiger partial charge < -0.3 is 25.0 Å². The third kappa shape index (κ3) is 11.8. The molecule has 2 rings (SSSR count). The number of rotatable bonds is 13. The fourth-order valence-electron chi connectivity index (χ4n) is 3.48. The van der Waals surface area contributed by atoms with Crippen molar-refractivity contribution in [2.75, 3.05) is 47.5 Å². The molecule has 2 amide bonds. The highest BCUT2D eigenvalue weighted by molar-refractivity contribution is 5.94. The molecule has 0 saturated carbocycles. The summed E-state index contributed by atoms with van der Waals surface area (Å²) >= 11 is 0. The van der Waals surface area contributed by atoms with Crippen LogP contribution < -0.4 is 10.5 Å². The van der Waals surface area contributed by atoms with Crippen LogP contribution in [0.1, 0.15) is 55.1 Å². The van der Waals surface area contributed by atoms with E-state index in [1.54, 1.807) is 16.9 Å². The molecule has 0 saturated heterocycles. The SMILES string of the molecule is CCC(CN)CN(C)C(=O)Cc1ccccc1.COCCCOc1cc(C(=O)N(C)C(C)C)ccc1C. The first-order chi connectivity index (χ1) is 17.6. The second-order valence-electron chi connectivity index (χ2n) is 9.63. The van der Waals surface area contributed by atoms with Crippen molar-refractivity contribution in [1.82, 2.24) is 9.80 Å². The summed E-state index contributed by atoms with van der Waals surface area (Å²) < 4.78 is 10.7. The summed E-state index contributed by atoms with van der Waals surface area (Å²) in [7, 11) is 5.34. The van der Waals surface area contributed by atoms with Crippen LogP contribution in [-0.2, 0) is 16.0 Å². The largest absolute Gasteiger partial charge is 0.493 e. The van der Waals surface area contributed by atoms with Crippen molar-refractivity contribution in [1.29, 1.82) is 0 Å². The maximum absolute atomic E-state index is 12.3. The molecular weight excluding hydrogens is 466 g/mol. The van der Waals surface area contributed by atoms with Gasteiger partial charge in [0, 0.05) is 52.4 Å². The van der Waals surface area contributed by atoms with E-state index in [9.17, 15) is 9.59 Å². The van der Waals surface area contributed by atoms with Crippen LogP contribution in [0.4, 0.5) is 0 Å². The van der Waals surface area contributed by atoms with Crippen LogP contribution in [0.5, 0.6) is 5.75 Å². The maximum Gasteiger partial charge on any atom is 0.253 e. The summed E-state index contributed by atoms with van der Waals surface area (Å²) in [6.07, 6.45) is 2.32. The zero-order chi connectivity index (χ0) is 27.8. The third-order valence-corrected chi connectivity index (χ3v) is 6.35. The van der Waals surface area contributed by atoms with E-state index >= 15 is 0 Å². The Morgan fingerprint density at radius 2 is 1.70 bits per heavy atom. The van der Waals surface area contributed by atoms with Crippen LogP contribution in [0, 0.1) is 12.8 Å². The minimum absolute atomic E-state index is 0.0155. The molecule has 0 heterocycles. The number of amides is 2. The zero-order valence-corrected chi connectivity index (χ0v) is 23.8. The Balaban J connectivity index is 0.000000375. The minimum atomic E-state index is 0.0155. The van der Waals surface area contributed by atoms with E-state index < -0.39 is 0 Å². The normalized spacial score (nSPS) is 11.4. The van der Waals surface area contributed by atoms with Gasteiger partial charge in [-0.3, -0.25) is 9.59 Å². The van der Waals surface area contributed by atoms with Gasteiger partial charge in [-0.05, 0) is 56.5 Å². The highest BCUT2D eigenvalue weighted by Gasteiger charge is 2.16. The number of benzene rings is 2. The molecule has 0 aliphatic carbocycles.